The molecule has 0 radical (unpaired) electrons. The second-order valence-corrected chi connectivity index (χ2v) is 4.39. The Bertz CT molecular complexity index is 346. The van der Waals surface area contributed by atoms with Crippen molar-refractivity contribution in [2.24, 2.45) is 0 Å². The van der Waals surface area contributed by atoms with Crippen LogP contribution >= 0.6 is 31.9 Å². The van der Waals surface area contributed by atoms with E-state index in [2.05, 4.69) is 31.9 Å². The van der Waals surface area contributed by atoms with Crippen molar-refractivity contribution < 1.29 is 9.47 Å². The zero-order valence-corrected chi connectivity index (χ0v) is 10.4. The highest BCUT2D eigenvalue weighted by Crippen LogP contribution is 2.26. The molecule has 0 aromatic heterocycles. The van der Waals surface area contributed by atoms with E-state index in [4.69, 9.17) is 9.47 Å². The third-order valence-corrected chi connectivity index (χ3v) is 2.90. The van der Waals surface area contributed by atoms with E-state index < -0.39 is 0 Å². The highest BCUT2D eigenvalue weighted by Gasteiger charge is 2.18. The topological polar surface area (TPSA) is 18.5 Å². The van der Waals surface area contributed by atoms with E-state index >= 15 is 0 Å². The molecule has 0 saturated carbocycles. The summed E-state index contributed by atoms with van der Waals surface area (Å²) in [5, 5.41) is 0.670. The van der Waals surface area contributed by atoms with Crippen LogP contribution in [0.1, 0.15) is 5.56 Å². The van der Waals surface area contributed by atoms with Crippen LogP contribution in [-0.4, -0.2) is 11.6 Å². The van der Waals surface area contributed by atoms with Gasteiger partial charge in [-0.05, 0) is 12.1 Å². The summed E-state index contributed by atoms with van der Waals surface area (Å²) in [6.45, 7) is 0. The molecule has 2 rings (SSSR count). The first-order valence-electron chi connectivity index (χ1n) is 4.14. The standard InChI is InChI=1S/C10H8Br2O2/c11-5-10-13-6-9(14-10)7-1-3-8(12)4-2-7/h1-4,6,10H,5H2/t10-/m1/s1. The zero-order chi connectivity index (χ0) is 9.97. The third-order valence-electron chi connectivity index (χ3n) is 1.84. The summed E-state index contributed by atoms with van der Waals surface area (Å²) >= 11 is 6.68. The fraction of sp³-hybridized carbons (Fsp3) is 0.200. The summed E-state index contributed by atoms with van der Waals surface area (Å²) in [5.74, 6) is 0.780. The van der Waals surface area contributed by atoms with Crippen molar-refractivity contribution >= 4 is 37.6 Å². The normalized spacial score (nSPS) is 19.9. The van der Waals surface area contributed by atoms with Gasteiger partial charge in [-0.15, -0.1) is 0 Å². The van der Waals surface area contributed by atoms with Gasteiger partial charge in [-0.2, -0.15) is 0 Å². The van der Waals surface area contributed by atoms with Crippen molar-refractivity contribution in [3.63, 3.8) is 0 Å². The molecular formula is C10H8Br2O2. The average Bonchev–Trinajstić information content (AvgIpc) is 2.67. The Morgan fingerprint density at radius 1 is 1.21 bits per heavy atom. The van der Waals surface area contributed by atoms with Gasteiger partial charge in [0.05, 0.1) is 5.33 Å². The summed E-state index contributed by atoms with van der Waals surface area (Å²) in [7, 11) is 0. The monoisotopic (exact) mass is 318 g/mol. The van der Waals surface area contributed by atoms with Crippen LogP contribution in [0.5, 0.6) is 0 Å². The quantitative estimate of drug-likeness (QED) is 0.777. The Morgan fingerprint density at radius 2 is 1.93 bits per heavy atom. The van der Waals surface area contributed by atoms with Gasteiger partial charge in [0.25, 0.3) is 0 Å². The Kier molecular flexibility index (Phi) is 3.13. The van der Waals surface area contributed by atoms with Gasteiger partial charge < -0.3 is 9.47 Å². The number of hydrogen-bond donors (Lipinski definition) is 0. The predicted octanol–water partition coefficient (Wildman–Crippen LogP) is 3.52. The largest absolute Gasteiger partial charge is 0.458 e. The van der Waals surface area contributed by atoms with Gasteiger partial charge in [0.15, 0.2) is 5.76 Å². The highest BCUT2D eigenvalue weighted by molar-refractivity contribution is 9.10. The number of ether oxygens (including phenoxy) is 2. The van der Waals surface area contributed by atoms with E-state index in [1.165, 1.54) is 0 Å². The molecule has 74 valence electrons. The Labute approximate surface area is 99.2 Å². The van der Waals surface area contributed by atoms with Gasteiger partial charge in [-0.1, -0.05) is 44.0 Å². The first kappa shape index (κ1) is 10.1. The van der Waals surface area contributed by atoms with Crippen molar-refractivity contribution in [2.75, 3.05) is 5.33 Å². The van der Waals surface area contributed by atoms with E-state index in [1.807, 2.05) is 24.3 Å². The Morgan fingerprint density at radius 3 is 2.50 bits per heavy atom. The van der Waals surface area contributed by atoms with Crippen molar-refractivity contribution in [3.05, 3.63) is 40.6 Å². The predicted molar refractivity (Wildman–Crippen MR) is 61.9 cm³/mol. The summed E-state index contributed by atoms with van der Waals surface area (Å²) < 4.78 is 11.8. The lowest BCUT2D eigenvalue weighted by Crippen LogP contribution is -2.08. The SMILES string of the molecule is BrC[C@@H]1OC=C(c2ccc(Br)cc2)O1. The molecule has 0 fully saturated rings. The lowest BCUT2D eigenvalue weighted by atomic mass is 10.2. The second-order valence-electron chi connectivity index (χ2n) is 2.83. The molecule has 1 aliphatic heterocycles. The number of rotatable bonds is 2. The summed E-state index contributed by atoms with van der Waals surface area (Å²) in [5.41, 5.74) is 1.02. The Balaban J connectivity index is 2.13. The minimum Gasteiger partial charge on any atom is -0.458 e. The second kappa shape index (κ2) is 4.36. The molecule has 0 N–H and O–H groups in total. The number of alkyl halides is 1. The molecule has 1 aliphatic rings. The lowest BCUT2D eigenvalue weighted by Gasteiger charge is -2.07. The first-order valence-corrected chi connectivity index (χ1v) is 6.05. The minimum atomic E-state index is -0.200. The molecule has 4 heteroatoms. The summed E-state index contributed by atoms with van der Waals surface area (Å²) in [4.78, 5) is 0. The van der Waals surface area contributed by atoms with Crippen LogP contribution in [0.3, 0.4) is 0 Å². The molecule has 0 unspecified atom stereocenters. The molecule has 0 aliphatic carbocycles. The number of benzene rings is 1. The smallest absolute Gasteiger partial charge is 0.250 e. The van der Waals surface area contributed by atoms with Gasteiger partial charge in [0.2, 0.25) is 6.29 Å². The van der Waals surface area contributed by atoms with E-state index in [0.717, 1.165) is 15.8 Å². The van der Waals surface area contributed by atoms with E-state index in [1.54, 1.807) is 6.26 Å². The van der Waals surface area contributed by atoms with Crippen LogP contribution in [0.2, 0.25) is 0 Å². The molecule has 0 amide bonds. The fourth-order valence-electron chi connectivity index (χ4n) is 1.15. The maximum absolute atomic E-state index is 5.51. The van der Waals surface area contributed by atoms with Crippen LogP contribution in [0.25, 0.3) is 5.76 Å². The molecule has 0 bridgehead atoms. The maximum Gasteiger partial charge on any atom is 0.250 e. The molecule has 2 nitrogen and oxygen atoms in total. The Hall–Kier alpha value is -0.480. The maximum atomic E-state index is 5.51. The van der Waals surface area contributed by atoms with Crippen LogP contribution in [-0.2, 0) is 9.47 Å². The molecule has 14 heavy (non-hydrogen) atoms. The molecule has 1 heterocycles. The van der Waals surface area contributed by atoms with Crippen molar-refractivity contribution in [2.45, 2.75) is 6.29 Å². The van der Waals surface area contributed by atoms with Gasteiger partial charge >= 0.3 is 0 Å². The van der Waals surface area contributed by atoms with Crippen molar-refractivity contribution in [1.82, 2.24) is 0 Å². The fourth-order valence-corrected chi connectivity index (χ4v) is 1.70. The van der Waals surface area contributed by atoms with Gasteiger partial charge in [0.1, 0.15) is 6.26 Å². The average molecular weight is 320 g/mol. The first-order chi connectivity index (χ1) is 6.79. The van der Waals surface area contributed by atoms with E-state index in [9.17, 15) is 0 Å². The third kappa shape index (κ3) is 2.12. The van der Waals surface area contributed by atoms with E-state index in [-0.39, 0.29) is 6.29 Å². The van der Waals surface area contributed by atoms with Gasteiger partial charge in [0, 0.05) is 10.0 Å². The minimum absolute atomic E-state index is 0.200. The lowest BCUT2D eigenvalue weighted by molar-refractivity contribution is 0.00708. The van der Waals surface area contributed by atoms with Crippen LogP contribution in [0.4, 0.5) is 0 Å². The van der Waals surface area contributed by atoms with Crippen LogP contribution in [0, 0.1) is 0 Å². The molecule has 1 aromatic carbocycles. The van der Waals surface area contributed by atoms with Crippen molar-refractivity contribution in [3.8, 4) is 0 Å². The number of halogens is 2. The molecule has 1 atom stereocenters. The van der Waals surface area contributed by atoms with E-state index in [0.29, 0.717) is 5.33 Å². The van der Waals surface area contributed by atoms with Gasteiger partial charge in [-0.3, -0.25) is 0 Å². The summed E-state index contributed by atoms with van der Waals surface area (Å²) in [6.07, 6.45) is 1.45. The van der Waals surface area contributed by atoms with Crippen LogP contribution in [0.15, 0.2) is 35.0 Å². The number of hydrogen-bond acceptors (Lipinski definition) is 2. The molecule has 0 saturated heterocycles. The van der Waals surface area contributed by atoms with Gasteiger partial charge in [-0.25, -0.2) is 0 Å². The molecular weight excluding hydrogens is 312 g/mol. The molecule has 1 aromatic rings. The van der Waals surface area contributed by atoms with Crippen molar-refractivity contribution in [1.29, 1.82) is 0 Å². The zero-order valence-electron chi connectivity index (χ0n) is 7.24. The molecule has 0 spiro atoms. The summed E-state index contributed by atoms with van der Waals surface area (Å²) in [6, 6.07) is 7.91. The van der Waals surface area contributed by atoms with Crippen LogP contribution < -0.4 is 0 Å². The highest BCUT2D eigenvalue weighted by atomic mass is 79.9.